The van der Waals surface area contributed by atoms with E-state index in [-0.39, 0.29) is 5.97 Å². The molecule has 18 heavy (non-hydrogen) atoms. The summed E-state index contributed by atoms with van der Waals surface area (Å²) in [6, 6.07) is 0. The molecule has 0 radical (unpaired) electrons. The van der Waals surface area contributed by atoms with Gasteiger partial charge in [-0.25, -0.2) is 0 Å². The molecule has 3 heteroatoms. The highest BCUT2D eigenvalue weighted by Gasteiger charge is 2.01. The van der Waals surface area contributed by atoms with E-state index in [1.807, 2.05) is 6.08 Å². The number of hydrogen-bond donors (Lipinski definition) is 1. The molecule has 0 aromatic heterocycles. The third-order valence-electron chi connectivity index (χ3n) is 2.38. The first-order valence-corrected chi connectivity index (χ1v) is 6.49. The van der Waals surface area contributed by atoms with Crippen molar-refractivity contribution in [3.05, 3.63) is 36.1 Å². The molecule has 0 aromatic rings. The van der Waals surface area contributed by atoms with Gasteiger partial charge in [-0.1, -0.05) is 38.0 Å². The standard InChI is InChI=1S/C11H16O.C4H8O2/c1-2-3-5-10-6-4-7-11(12)9-8-10;1-3-6-4(2)5/h4,6-10,12H,2-3,5H2,1H3;3H2,1-2H3. The van der Waals surface area contributed by atoms with Crippen molar-refractivity contribution in [2.24, 2.45) is 5.92 Å². The van der Waals surface area contributed by atoms with E-state index < -0.39 is 0 Å². The summed E-state index contributed by atoms with van der Waals surface area (Å²) in [6.45, 7) is 5.85. The molecule has 0 amide bonds. The van der Waals surface area contributed by atoms with E-state index in [1.165, 1.54) is 26.2 Å². The first-order valence-electron chi connectivity index (χ1n) is 6.49. The summed E-state index contributed by atoms with van der Waals surface area (Å²) in [5.74, 6) is 0.647. The van der Waals surface area contributed by atoms with Crippen molar-refractivity contribution in [3.63, 3.8) is 0 Å². The predicted molar refractivity (Wildman–Crippen MR) is 74.3 cm³/mol. The van der Waals surface area contributed by atoms with Crippen LogP contribution in [-0.4, -0.2) is 17.7 Å². The van der Waals surface area contributed by atoms with Gasteiger partial charge in [-0.15, -0.1) is 0 Å². The number of aliphatic hydroxyl groups is 1. The van der Waals surface area contributed by atoms with Crippen molar-refractivity contribution < 1.29 is 14.6 Å². The highest BCUT2D eigenvalue weighted by atomic mass is 16.5. The van der Waals surface area contributed by atoms with Gasteiger partial charge in [0.1, 0.15) is 5.76 Å². The second kappa shape index (κ2) is 10.6. The SMILES string of the molecule is CCCCC1C=CC=C(O)C=C1.CCOC(C)=O. The van der Waals surface area contributed by atoms with Gasteiger partial charge in [-0.05, 0) is 31.4 Å². The molecular formula is C15H24O3. The molecule has 1 unspecified atom stereocenters. The number of carbonyl (C=O) groups is 1. The van der Waals surface area contributed by atoms with E-state index in [9.17, 15) is 4.79 Å². The zero-order chi connectivity index (χ0) is 13.8. The summed E-state index contributed by atoms with van der Waals surface area (Å²) >= 11 is 0. The van der Waals surface area contributed by atoms with Gasteiger partial charge < -0.3 is 9.84 Å². The molecule has 0 saturated carbocycles. The van der Waals surface area contributed by atoms with Crippen molar-refractivity contribution in [2.75, 3.05) is 6.61 Å². The number of hydrogen-bond acceptors (Lipinski definition) is 3. The van der Waals surface area contributed by atoms with Crippen LogP contribution in [0.4, 0.5) is 0 Å². The summed E-state index contributed by atoms with van der Waals surface area (Å²) < 4.78 is 4.40. The summed E-state index contributed by atoms with van der Waals surface area (Å²) in [6.07, 6.45) is 13.3. The van der Waals surface area contributed by atoms with Crippen molar-refractivity contribution in [3.8, 4) is 0 Å². The van der Waals surface area contributed by atoms with E-state index >= 15 is 0 Å². The van der Waals surface area contributed by atoms with Crippen LogP contribution in [0.25, 0.3) is 0 Å². The molecule has 102 valence electrons. The van der Waals surface area contributed by atoms with Gasteiger partial charge in [0.25, 0.3) is 0 Å². The van der Waals surface area contributed by atoms with Crippen molar-refractivity contribution in [1.29, 1.82) is 0 Å². The fraction of sp³-hybridized carbons (Fsp3) is 0.533. The first kappa shape index (κ1) is 16.5. The molecule has 3 nitrogen and oxygen atoms in total. The Kier molecular flexibility index (Phi) is 9.74. The lowest BCUT2D eigenvalue weighted by atomic mass is 10.0. The van der Waals surface area contributed by atoms with E-state index in [1.54, 1.807) is 19.1 Å². The second-order valence-corrected chi connectivity index (χ2v) is 4.07. The Bertz CT molecular complexity index is 314. The van der Waals surface area contributed by atoms with Gasteiger partial charge in [0.15, 0.2) is 0 Å². The number of carbonyl (C=O) groups excluding carboxylic acids is 1. The summed E-state index contributed by atoms with van der Waals surface area (Å²) in [7, 11) is 0. The molecule has 0 aliphatic heterocycles. The van der Waals surface area contributed by atoms with Gasteiger partial charge in [-0.3, -0.25) is 4.79 Å². The third kappa shape index (κ3) is 9.70. The number of esters is 1. The van der Waals surface area contributed by atoms with Crippen LogP contribution in [-0.2, 0) is 9.53 Å². The van der Waals surface area contributed by atoms with Gasteiger partial charge in [0.05, 0.1) is 6.61 Å². The quantitative estimate of drug-likeness (QED) is 0.771. The summed E-state index contributed by atoms with van der Waals surface area (Å²) in [4.78, 5) is 9.82. The average Bonchev–Trinajstić information content (AvgIpc) is 2.52. The van der Waals surface area contributed by atoms with E-state index in [2.05, 4.69) is 23.8 Å². The fourth-order valence-corrected chi connectivity index (χ4v) is 1.47. The molecule has 0 aromatic carbocycles. The molecule has 0 spiro atoms. The Morgan fingerprint density at radius 3 is 2.61 bits per heavy atom. The van der Waals surface area contributed by atoms with Crippen LogP contribution in [0.15, 0.2) is 36.1 Å². The highest BCUT2D eigenvalue weighted by Crippen LogP contribution is 2.15. The van der Waals surface area contributed by atoms with Gasteiger partial charge >= 0.3 is 5.97 Å². The molecule has 1 aliphatic carbocycles. The lowest BCUT2D eigenvalue weighted by Crippen LogP contribution is -1.95. The molecule has 1 atom stereocenters. The smallest absolute Gasteiger partial charge is 0.302 e. The monoisotopic (exact) mass is 252 g/mol. The van der Waals surface area contributed by atoms with Crippen LogP contribution >= 0.6 is 0 Å². The first-order chi connectivity index (χ1) is 8.60. The molecule has 1 N–H and O–H groups in total. The minimum absolute atomic E-state index is 0.211. The maximum atomic E-state index is 9.82. The lowest BCUT2D eigenvalue weighted by Gasteiger charge is -2.04. The average molecular weight is 252 g/mol. The Morgan fingerprint density at radius 2 is 2.11 bits per heavy atom. The van der Waals surface area contributed by atoms with Crippen LogP contribution in [0.1, 0.15) is 40.0 Å². The molecule has 0 fully saturated rings. The van der Waals surface area contributed by atoms with Crippen LogP contribution in [0.3, 0.4) is 0 Å². The third-order valence-corrected chi connectivity index (χ3v) is 2.38. The summed E-state index contributed by atoms with van der Waals surface area (Å²) in [5.41, 5.74) is 0. The Morgan fingerprint density at radius 1 is 1.39 bits per heavy atom. The van der Waals surface area contributed by atoms with Crippen LogP contribution in [0.2, 0.25) is 0 Å². The topological polar surface area (TPSA) is 46.5 Å². The molecule has 0 bridgehead atoms. The lowest BCUT2D eigenvalue weighted by molar-refractivity contribution is -0.140. The highest BCUT2D eigenvalue weighted by molar-refractivity contribution is 5.65. The van der Waals surface area contributed by atoms with E-state index in [0.29, 0.717) is 18.3 Å². The van der Waals surface area contributed by atoms with Crippen molar-refractivity contribution >= 4 is 5.97 Å². The molecule has 1 rings (SSSR count). The minimum atomic E-state index is -0.211. The molecule has 1 aliphatic rings. The Labute approximate surface area is 110 Å². The normalized spacial score (nSPS) is 17.3. The summed E-state index contributed by atoms with van der Waals surface area (Å²) in [5, 5.41) is 9.16. The maximum absolute atomic E-state index is 9.82. The van der Waals surface area contributed by atoms with Gasteiger partial charge in [0.2, 0.25) is 0 Å². The zero-order valence-electron chi connectivity index (χ0n) is 11.6. The fourth-order valence-electron chi connectivity index (χ4n) is 1.47. The Hall–Kier alpha value is -1.51. The van der Waals surface area contributed by atoms with Gasteiger partial charge in [0, 0.05) is 6.92 Å². The molecule has 0 heterocycles. The van der Waals surface area contributed by atoms with Crippen molar-refractivity contribution in [2.45, 2.75) is 40.0 Å². The van der Waals surface area contributed by atoms with E-state index in [4.69, 9.17) is 5.11 Å². The van der Waals surface area contributed by atoms with Crippen LogP contribution in [0.5, 0.6) is 0 Å². The number of ether oxygens (including phenoxy) is 1. The second-order valence-electron chi connectivity index (χ2n) is 4.07. The number of unbranched alkanes of at least 4 members (excludes halogenated alkanes) is 1. The predicted octanol–water partition coefficient (Wildman–Crippen LogP) is 3.93. The minimum Gasteiger partial charge on any atom is -0.508 e. The van der Waals surface area contributed by atoms with Gasteiger partial charge in [-0.2, -0.15) is 0 Å². The largest absolute Gasteiger partial charge is 0.508 e. The molecule has 0 saturated heterocycles. The number of allylic oxidation sites excluding steroid dienone is 5. The van der Waals surface area contributed by atoms with Crippen LogP contribution < -0.4 is 0 Å². The van der Waals surface area contributed by atoms with Crippen molar-refractivity contribution in [1.82, 2.24) is 0 Å². The van der Waals surface area contributed by atoms with Crippen LogP contribution in [0, 0.1) is 5.92 Å². The number of rotatable bonds is 4. The number of aliphatic hydroxyl groups excluding tert-OH is 1. The zero-order valence-corrected chi connectivity index (χ0v) is 11.6. The maximum Gasteiger partial charge on any atom is 0.302 e. The van der Waals surface area contributed by atoms with E-state index in [0.717, 1.165) is 0 Å². The molecular weight excluding hydrogens is 228 g/mol. The Balaban J connectivity index is 0.000000411.